The average molecular weight is 360 g/mol. The van der Waals surface area contributed by atoms with Crippen LogP contribution < -0.4 is 21.3 Å². The van der Waals surface area contributed by atoms with E-state index in [0.717, 1.165) is 0 Å². The molecule has 0 saturated carbocycles. The fraction of sp³-hybridized carbons (Fsp3) is 0. The Labute approximate surface area is 140 Å². The van der Waals surface area contributed by atoms with Crippen LogP contribution in [0.5, 0.6) is 0 Å². The predicted octanol–water partition coefficient (Wildman–Crippen LogP) is 0.332. The van der Waals surface area contributed by atoms with Crippen LogP contribution in [0.2, 0.25) is 0 Å². The first kappa shape index (κ1) is 16.5. The lowest BCUT2D eigenvalue weighted by Gasteiger charge is -2.12. The minimum atomic E-state index is -4.12. The van der Waals surface area contributed by atoms with Crippen molar-refractivity contribution in [2.45, 2.75) is 4.90 Å². The van der Waals surface area contributed by atoms with Gasteiger partial charge in [-0.1, -0.05) is 30.3 Å². The molecule has 3 aromatic rings. The van der Waals surface area contributed by atoms with E-state index in [4.69, 9.17) is 0 Å². The van der Waals surface area contributed by atoms with Crippen LogP contribution in [0, 0.1) is 0 Å². The monoisotopic (exact) mass is 360 g/mol. The van der Waals surface area contributed by atoms with Gasteiger partial charge in [-0.25, -0.2) is 28.0 Å². The number of para-hydroxylation sites is 2. The van der Waals surface area contributed by atoms with Crippen LogP contribution in [-0.4, -0.2) is 24.1 Å². The number of amides is 2. The number of urea groups is 1. The molecule has 0 aliphatic rings. The molecule has 0 aliphatic carbocycles. The summed E-state index contributed by atoms with van der Waals surface area (Å²) in [6, 6.07) is 12.3. The zero-order valence-electron chi connectivity index (χ0n) is 12.6. The Morgan fingerprint density at radius 2 is 1.60 bits per heavy atom. The first-order valence-electron chi connectivity index (χ1n) is 7.01. The Morgan fingerprint density at radius 1 is 0.960 bits per heavy atom. The van der Waals surface area contributed by atoms with Gasteiger partial charge < -0.3 is 4.98 Å². The van der Waals surface area contributed by atoms with Crippen molar-refractivity contribution in [3.63, 3.8) is 0 Å². The Kier molecular flexibility index (Phi) is 4.11. The highest BCUT2D eigenvalue weighted by atomic mass is 32.2. The fourth-order valence-electron chi connectivity index (χ4n) is 2.18. The van der Waals surface area contributed by atoms with Crippen LogP contribution in [0.1, 0.15) is 0 Å². The zero-order valence-corrected chi connectivity index (χ0v) is 13.4. The van der Waals surface area contributed by atoms with E-state index in [1.165, 1.54) is 36.4 Å². The van der Waals surface area contributed by atoms with E-state index in [-0.39, 0.29) is 10.4 Å². The van der Waals surface area contributed by atoms with Crippen molar-refractivity contribution in [2.75, 3.05) is 5.43 Å². The molecule has 10 heteroatoms. The lowest BCUT2D eigenvalue weighted by molar-refractivity contribution is 0.254. The largest absolute Gasteiger partial charge is 0.347 e. The molecule has 0 bridgehead atoms. The molecule has 128 valence electrons. The van der Waals surface area contributed by atoms with Gasteiger partial charge in [0.1, 0.15) is 0 Å². The van der Waals surface area contributed by atoms with E-state index in [1.54, 1.807) is 22.9 Å². The number of hydrogen-bond donors (Lipinski definition) is 3. The number of nitrogens with one attached hydrogen (secondary N) is 3. The number of sulfonamides is 1. The standard InChI is InChI=1S/C15H12N4O5S/c20-13-14(21)19(12-9-5-4-8-11(12)16-13)17-15(22)18-25(23,24)10-6-2-1-3-7-10/h1-9H,(H,16,20)(H2,17,18,22). The topological polar surface area (TPSA) is 130 Å². The number of aromatic amines is 1. The van der Waals surface area contributed by atoms with Crippen LogP contribution in [0.15, 0.2) is 69.1 Å². The lowest BCUT2D eigenvalue weighted by atomic mass is 10.3. The maximum atomic E-state index is 12.1. The predicted molar refractivity (Wildman–Crippen MR) is 90.3 cm³/mol. The molecule has 0 aliphatic heterocycles. The van der Waals surface area contributed by atoms with Gasteiger partial charge in [0.15, 0.2) is 0 Å². The summed E-state index contributed by atoms with van der Waals surface area (Å²) in [5, 5.41) is 0. The van der Waals surface area contributed by atoms with Gasteiger partial charge in [-0.05, 0) is 24.3 Å². The van der Waals surface area contributed by atoms with Gasteiger partial charge >= 0.3 is 17.1 Å². The van der Waals surface area contributed by atoms with Crippen molar-refractivity contribution < 1.29 is 13.2 Å². The third kappa shape index (κ3) is 3.28. The summed E-state index contributed by atoms with van der Waals surface area (Å²) in [4.78, 5) is 37.9. The Bertz CT molecular complexity index is 1170. The number of rotatable bonds is 3. The van der Waals surface area contributed by atoms with Gasteiger partial charge in [0.2, 0.25) is 0 Å². The van der Waals surface area contributed by atoms with Gasteiger partial charge in [0.25, 0.3) is 10.0 Å². The van der Waals surface area contributed by atoms with Crippen LogP contribution in [0.25, 0.3) is 11.0 Å². The SMILES string of the molecule is O=C(Nn1c(=O)c(=O)[nH]c2ccccc21)NS(=O)(=O)c1ccccc1. The van der Waals surface area contributed by atoms with Gasteiger partial charge in [0.05, 0.1) is 15.9 Å². The molecule has 3 N–H and O–H groups in total. The zero-order chi connectivity index (χ0) is 18.0. The number of nitrogens with zero attached hydrogens (tertiary/aromatic N) is 1. The molecule has 3 rings (SSSR count). The molecule has 0 saturated heterocycles. The minimum Gasteiger partial charge on any atom is -0.316 e. The molecule has 2 amide bonds. The van der Waals surface area contributed by atoms with Crippen molar-refractivity contribution >= 4 is 27.1 Å². The average Bonchev–Trinajstić information content (AvgIpc) is 2.59. The molecule has 0 fully saturated rings. The van der Waals surface area contributed by atoms with E-state index in [0.29, 0.717) is 10.2 Å². The molecular weight excluding hydrogens is 348 g/mol. The Morgan fingerprint density at radius 3 is 2.32 bits per heavy atom. The number of aromatic nitrogens is 2. The third-order valence-electron chi connectivity index (χ3n) is 3.28. The van der Waals surface area contributed by atoms with E-state index in [9.17, 15) is 22.8 Å². The van der Waals surface area contributed by atoms with Crippen LogP contribution in [0.3, 0.4) is 0 Å². The number of fused-ring (bicyclic) bond motifs is 1. The minimum absolute atomic E-state index is 0.117. The number of carbonyl (C=O) groups excluding carboxylic acids is 1. The van der Waals surface area contributed by atoms with Gasteiger partial charge in [-0.15, -0.1) is 0 Å². The van der Waals surface area contributed by atoms with E-state index < -0.39 is 27.2 Å². The summed E-state index contributed by atoms with van der Waals surface area (Å²) in [6.07, 6.45) is 0. The van der Waals surface area contributed by atoms with Crippen molar-refractivity contribution in [3.8, 4) is 0 Å². The van der Waals surface area contributed by atoms with Gasteiger partial charge in [-0.3, -0.25) is 9.59 Å². The molecule has 25 heavy (non-hydrogen) atoms. The second-order valence-electron chi connectivity index (χ2n) is 4.97. The molecule has 2 aromatic carbocycles. The summed E-state index contributed by atoms with van der Waals surface area (Å²) < 4.78 is 26.7. The molecule has 0 radical (unpaired) electrons. The summed E-state index contributed by atoms with van der Waals surface area (Å²) in [7, 11) is -4.12. The molecule has 0 atom stereocenters. The van der Waals surface area contributed by atoms with Crippen LogP contribution in [0.4, 0.5) is 4.79 Å². The van der Waals surface area contributed by atoms with Gasteiger partial charge in [0, 0.05) is 0 Å². The smallest absolute Gasteiger partial charge is 0.316 e. The Hall–Kier alpha value is -3.40. The van der Waals surface area contributed by atoms with Crippen molar-refractivity contribution in [1.82, 2.24) is 14.4 Å². The maximum Gasteiger partial charge on any atom is 0.347 e. The quantitative estimate of drug-likeness (QED) is 0.580. The second kappa shape index (κ2) is 6.24. The fourth-order valence-corrected chi connectivity index (χ4v) is 3.10. The first-order valence-corrected chi connectivity index (χ1v) is 8.50. The molecule has 9 nitrogen and oxygen atoms in total. The number of benzene rings is 2. The van der Waals surface area contributed by atoms with Crippen molar-refractivity contribution in [2.24, 2.45) is 0 Å². The lowest BCUT2D eigenvalue weighted by Crippen LogP contribution is -2.46. The Balaban J connectivity index is 1.95. The van der Waals surface area contributed by atoms with Gasteiger partial charge in [-0.2, -0.15) is 0 Å². The number of carbonyl (C=O) groups is 1. The van der Waals surface area contributed by atoms with Crippen molar-refractivity contribution in [1.29, 1.82) is 0 Å². The summed E-state index contributed by atoms with van der Waals surface area (Å²) in [6.45, 7) is 0. The molecule has 1 aromatic heterocycles. The van der Waals surface area contributed by atoms with E-state index >= 15 is 0 Å². The highest BCUT2D eigenvalue weighted by Crippen LogP contribution is 2.08. The molecule has 0 spiro atoms. The molecule has 0 unspecified atom stereocenters. The number of H-pyrrole nitrogens is 1. The van der Waals surface area contributed by atoms with Crippen molar-refractivity contribution in [3.05, 3.63) is 75.3 Å². The maximum absolute atomic E-state index is 12.1. The third-order valence-corrected chi connectivity index (χ3v) is 4.63. The molecule has 1 heterocycles. The first-order chi connectivity index (χ1) is 11.9. The van der Waals surface area contributed by atoms with E-state index in [2.05, 4.69) is 10.4 Å². The van der Waals surface area contributed by atoms with E-state index in [1.807, 2.05) is 0 Å². The molecular formula is C15H12N4O5S. The number of hydrogen-bond acceptors (Lipinski definition) is 5. The van der Waals surface area contributed by atoms with Crippen LogP contribution >= 0.6 is 0 Å². The van der Waals surface area contributed by atoms with Crippen LogP contribution in [-0.2, 0) is 10.0 Å². The summed E-state index contributed by atoms with van der Waals surface area (Å²) in [5.74, 6) is 0. The summed E-state index contributed by atoms with van der Waals surface area (Å²) in [5.41, 5.74) is 0.583. The highest BCUT2D eigenvalue weighted by Gasteiger charge is 2.18. The highest BCUT2D eigenvalue weighted by molar-refractivity contribution is 7.90. The second-order valence-corrected chi connectivity index (χ2v) is 6.65. The summed E-state index contributed by atoms with van der Waals surface area (Å²) >= 11 is 0. The normalized spacial score (nSPS) is 11.2.